The van der Waals surface area contributed by atoms with Crippen molar-refractivity contribution in [3.05, 3.63) is 58.6 Å². The Morgan fingerprint density at radius 2 is 1.80 bits per heavy atom. The van der Waals surface area contributed by atoms with Gasteiger partial charge in [-0.2, -0.15) is 0 Å². The summed E-state index contributed by atoms with van der Waals surface area (Å²) < 4.78 is 11.8. The van der Waals surface area contributed by atoms with Crippen molar-refractivity contribution in [2.45, 2.75) is 13.5 Å². The third-order valence-corrected chi connectivity index (χ3v) is 4.69. The van der Waals surface area contributed by atoms with E-state index >= 15 is 0 Å². The molecule has 0 N–H and O–H groups in total. The zero-order valence-corrected chi connectivity index (χ0v) is 16.2. The summed E-state index contributed by atoms with van der Waals surface area (Å²) in [4.78, 5) is 7.05. The number of hydrogen-bond donors (Lipinski definition) is 0. The van der Waals surface area contributed by atoms with Crippen LogP contribution in [-0.4, -0.2) is 25.7 Å². The van der Waals surface area contributed by atoms with Gasteiger partial charge in [-0.15, -0.1) is 0 Å². The molecule has 5 heteroatoms. The molecule has 3 rings (SSSR count). The lowest BCUT2D eigenvalue weighted by molar-refractivity contribution is 0.391. The quantitative estimate of drug-likeness (QED) is 0.580. The molecule has 1 aromatic heterocycles. The SMILES string of the molecule is CCN(Cc1ccc(OC)cc1OC)c1ccc2ccc(Br)cc2n1. The van der Waals surface area contributed by atoms with E-state index in [1.165, 1.54) is 0 Å². The van der Waals surface area contributed by atoms with Gasteiger partial charge in [0.2, 0.25) is 0 Å². The van der Waals surface area contributed by atoms with Gasteiger partial charge < -0.3 is 14.4 Å². The molecule has 0 spiro atoms. The minimum atomic E-state index is 0.718. The zero-order valence-electron chi connectivity index (χ0n) is 14.6. The molecule has 3 aromatic rings. The number of anilines is 1. The number of fused-ring (bicyclic) bond motifs is 1. The van der Waals surface area contributed by atoms with Gasteiger partial charge in [0.25, 0.3) is 0 Å². The predicted molar refractivity (Wildman–Crippen MR) is 106 cm³/mol. The number of nitrogens with zero attached hydrogens (tertiary/aromatic N) is 2. The highest BCUT2D eigenvalue weighted by Gasteiger charge is 2.12. The van der Waals surface area contributed by atoms with E-state index in [1.54, 1.807) is 14.2 Å². The Bertz CT molecular complexity index is 883. The molecule has 130 valence electrons. The Morgan fingerprint density at radius 1 is 1.00 bits per heavy atom. The van der Waals surface area contributed by atoms with Crippen molar-refractivity contribution in [3.63, 3.8) is 0 Å². The minimum Gasteiger partial charge on any atom is -0.497 e. The van der Waals surface area contributed by atoms with Gasteiger partial charge in [-0.25, -0.2) is 4.98 Å². The van der Waals surface area contributed by atoms with Crippen LogP contribution < -0.4 is 14.4 Å². The van der Waals surface area contributed by atoms with Crippen LogP contribution in [0.2, 0.25) is 0 Å². The monoisotopic (exact) mass is 400 g/mol. The fraction of sp³-hybridized carbons (Fsp3) is 0.250. The van der Waals surface area contributed by atoms with E-state index in [0.29, 0.717) is 0 Å². The molecule has 0 saturated carbocycles. The second-order valence-corrected chi connectivity index (χ2v) is 6.61. The fourth-order valence-electron chi connectivity index (χ4n) is 2.80. The van der Waals surface area contributed by atoms with Crippen LogP contribution in [-0.2, 0) is 6.54 Å². The van der Waals surface area contributed by atoms with Crippen molar-refractivity contribution in [3.8, 4) is 11.5 Å². The standard InChI is InChI=1S/C20H21BrN2O2/c1-4-23(13-15-6-9-17(24-2)12-19(15)25-3)20-10-7-14-5-8-16(21)11-18(14)22-20/h5-12H,4,13H2,1-3H3. The van der Waals surface area contributed by atoms with Crippen LogP contribution in [0.3, 0.4) is 0 Å². The summed E-state index contributed by atoms with van der Waals surface area (Å²) in [5.74, 6) is 2.56. The van der Waals surface area contributed by atoms with Crippen molar-refractivity contribution in [2.24, 2.45) is 0 Å². The lowest BCUT2D eigenvalue weighted by Gasteiger charge is -2.23. The summed E-state index contributed by atoms with van der Waals surface area (Å²) >= 11 is 3.52. The highest BCUT2D eigenvalue weighted by molar-refractivity contribution is 9.10. The van der Waals surface area contributed by atoms with Gasteiger partial charge in [0, 0.05) is 34.6 Å². The van der Waals surface area contributed by atoms with Crippen molar-refractivity contribution < 1.29 is 9.47 Å². The van der Waals surface area contributed by atoms with Crippen LogP contribution in [0.15, 0.2) is 53.0 Å². The largest absolute Gasteiger partial charge is 0.497 e. The van der Waals surface area contributed by atoms with Crippen LogP contribution in [0.25, 0.3) is 10.9 Å². The maximum atomic E-state index is 5.52. The average molecular weight is 401 g/mol. The number of ether oxygens (including phenoxy) is 2. The molecule has 0 bridgehead atoms. The predicted octanol–water partition coefficient (Wildman–Crippen LogP) is 5.04. The molecular weight excluding hydrogens is 380 g/mol. The van der Waals surface area contributed by atoms with E-state index in [0.717, 1.165) is 51.3 Å². The van der Waals surface area contributed by atoms with E-state index < -0.39 is 0 Å². The smallest absolute Gasteiger partial charge is 0.129 e. The Kier molecular flexibility index (Phi) is 5.43. The summed E-state index contributed by atoms with van der Waals surface area (Å²) in [7, 11) is 3.34. The summed E-state index contributed by atoms with van der Waals surface area (Å²) in [6.45, 7) is 3.70. The van der Waals surface area contributed by atoms with E-state index in [2.05, 4.69) is 46.0 Å². The van der Waals surface area contributed by atoms with Crippen LogP contribution in [0.1, 0.15) is 12.5 Å². The Balaban J connectivity index is 1.92. The van der Waals surface area contributed by atoms with Crippen LogP contribution >= 0.6 is 15.9 Å². The van der Waals surface area contributed by atoms with Gasteiger partial charge >= 0.3 is 0 Å². The van der Waals surface area contributed by atoms with E-state index in [4.69, 9.17) is 14.5 Å². The molecular formula is C20H21BrN2O2. The minimum absolute atomic E-state index is 0.718. The maximum Gasteiger partial charge on any atom is 0.129 e. The lowest BCUT2D eigenvalue weighted by Crippen LogP contribution is -2.23. The zero-order chi connectivity index (χ0) is 17.8. The highest BCUT2D eigenvalue weighted by Crippen LogP contribution is 2.28. The third-order valence-electron chi connectivity index (χ3n) is 4.20. The van der Waals surface area contributed by atoms with Crippen molar-refractivity contribution in [1.82, 2.24) is 4.98 Å². The van der Waals surface area contributed by atoms with E-state index in [1.807, 2.05) is 30.3 Å². The topological polar surface area (TPSA) is 34.6 Å². The first kappa shape index (κ1) is 17.5. The molecule has 0 radical (unpaired) electrons. The number of rotatable bonds is 6. The van der Waals surface area contributed by atoms with Gasteiger partial charge in [0.05, 0.1) is 19.7 Å². The molecule has 0 amide bonds. The molecule has 0 fully saturated rings. The number of benzene rings is 2. The van der Waals surface area contributed by atoms with Crippen LogP contribution in [0, 0.1) is 0 Å². The highest BCUT2D eigenvalue weighted by atomic mass is 79.9. The van der Waals surface area contributed by atoms with E-state index in [-0.39, 0.29) is 0 Å². The van der Waals surface area contributed by atoms with E-state index in [9.17, 15) is 0 Å². The summed E-state index contributed by atoms with van der Waals surface area (Å²) in [6.07, 6.45) is 0. The molecule has 2 aromatic carbocycles. The first-order valence-electron chi connectivity index (χ1n) is 8.16. The lowest BCUT2D eigenvalue weighted by atomic mass is 10.1. The van der Waals surface area contributed by atoms with Gasteiger partial charge in [-0.1, -0.05) is 22.0 Å². The molecule has 25 heavy (non-hydrogen) atoms. The second-order valence-electron chi connectivity index (χ2n) is 5.70. The number of pyridine rings is 1. The first-order chi connectivity index (χ1) is 12.1. The van der Waals surface area contributed by atoms with Crippen molar-refractivity contribution in [2.75, 3.05) is 25.7 Å². The van der Waals surface area contributed by atoms with Gasteiger partial charge in [0.1, 0.15) is 17.3 Å². The Hall–Kier alpha value is -2.27. The van der Waals surface area contributed by atoms with Crippen molar-refractivity contribution in [1.29, 1.82) is 0 Å². The molecule has 0 unspecified atom stereocenters. The Morgan fingerprint density at radius 3 is 2.52 bits per heavy atom. The normalized spacial score (nSPS) is 10.7. The molecule has 0 aliphatic heterocycles. The van der Waals surface area contributed by atoms with Crippen molar-refractivity contribution >= 4 is 32.7 Å². The molecule has 0 saturated heterocycles. The number of methoxy groups -OCH3 is 2. The Labute approximate surface area is 156 Å². The fourth-order valence-corrected chi connectivity index (χ4v) is 3.15. The third kappa shape index (κ3) is 3.87. The molecule has 1 heterocycles. The first-order valence-corrected chi connectivity index (χ1v) is 8.96. The molecule has 4 nitrogen and oxygen atoms in total. The number of hydrogen-bond acceptors (Lipinski definition) is 4. The van der Waals surface area contributed by atoms with Gasteiger partial charge in [-0.05, 0) is 43.3 Å². The average Bonchev–Trinajstić information content (AvgIpc) is 2.65. The van der Waals surface area contributed by atoms with Crippen LogP contribution in [0.4, 0.5) is 5.82 Å². The van der Waals surface area contributed by atoms with Crippen LogP contribution in [0.5, 0.6) is 11.5 Å². The summed E-state index contributed by atoms with van der Waals surface area (Å²) in [6, 6.07) is 16.2. The second kappa shape index (κ2) is 7.74. The summed E-state index contributed by atoms with van der Waals surface area (Å²) in [5.41, 5.74) is 2.08. The number of halogens is 1. The number of aromatic nitrogens is 1. The molecule has 0 atom stereocenters. The molecule has 0 aliphatic carbocycles. The van der Waals surface area contributed by atoms with Gasteiger partial charge in [0.15, 0.2) is 0 Å². The molecule has 0 aliphatic rings. The maximum absolute atomic E-state index is 5.52. The van der Waals surface area contributed by atoms with Gasteiger partial charge in [-0.3, -0.25) is 0 Å². The summed E-state index contributed by atoms with van der Waals surface area (Å²) in [5, 5.41) is 1.13.